The second-order valence-corrected chi connectivity index (χ2v) is 7.81. The van der Waals surface area contributed by atoms with E-state index in [1.54, 1.807) is 18.2 Å². The number of carbonyl (C=O) groups is 3. The van der Waals surface area contributed by atoms with E-state index in [1.807, 2.05) is 38.1 Å². The highest BCUT2D eigenvalue weighted by molar-refractivity contribution is 6.32. The first-order valence-corrected chi connectivity index (χ1v) is 9.86. The van der Waals surface area contributed by atoms with Gasteiger partial charge < -0.3 is 5.32 Å². The highest BCUT2D eigenvalue weighted by Gasteiger charge is 2.55. The lowest BCUT2D eigenvalue weighted by Gasteiger charge is -2.20. The van der Waals surface area contributed by atoms with E-state index in [2.05, 4.69) is 15.7 Å². The fourth-order valence-electron chi connectivity index (χ4n) is 3.44. The molecule has 2 aliphatic rings. The molecule has 0 saturated carbocycles. The topological polar surface area (TPSA) is 94.4 Å². The zero-order chi connectivity index (χ0) is 21.4. The van der Waals surface area contributed by atoms with Gasteiger partial charge in [0.05, 0.1) is 5.69 Å². The molecule has 2 atom stereocenters. The van der Waals surface area contributed by atoms with Crippen LogP contribution in [-0.4, -0.2) is 41.4 Å². The quantitative estimate of drug-likeness (QED) is 0.745. The summed E-state index contributed by atoms with van der Waals surface area (Å²) < 4.78 is 0. The van der Waals surface area contributed by atoms with Crippen molar-refractivity contribution in [3.8, 4) is 0 Å². The lowest BCUT2D eigenvalue weighted by molar-refractivity contribution is -0.125. The fourth-order valence-corrected chi connectivity index (χ4v) is 3.61. The zero-order valence-electron chi connectivity index (χ0n) is 16.5. The summed E-state index contributed by atoms with van der Waals surface area (Å²) in [5, 5.41) is 12.3. The molecule has 0 spiro atoms. The third kappa shape index (κ3) is 3.66. The Hall–Kier alpha value is -3.26. The average Bonchev–Trinajstić information content (AvgIpc) is 3.23. The Labute approximate surface area is 178 Å². The highest BCUT2D eigenvalue weighted by Crippen LogP contribution is 2.33. The Morgan fingerprint density at radius 1 is 1.10 bits per heavy atom. The summed E-state index contributed by atoms with van der Waals surface area (Å²) in [4.78, 5) is 39.1. The second kappa shape index (κ2) is 7.87. The lowest BCUT2D eigenvalue weighted by atomic mass is 10.1. The molecule has 0 radical (unpaired) electrons. The Bertz CT molecular complexity index is 1050. The first kappa shape index (κ1) is 20.0. The van der Waals surface area contributed by atoms with Gasteiger partial charge in [0.2, 0.25) is 5.91 Å². The third-order valence-electron chi connectivity index (χ3n) is 5.19. The molecular formula is C21H20ClN5O3. The van der Waals surface area contributed by atoms with Crippen LogP contribution in [0.15, 0.2) is 52.8 Å². The average molecular weight is 426 g/mol. The van der Waals surface area contributed by atoms with E-state index in [4.69, 9.17) is 11.6 Å². The van der Waals surface area contributed by atoms with Crippen molar-refractivity contribution in [2.24, 2.45) is 10.3 Å². The number of rotatable bonds is 5. The first-order valence-electron chi connectivity index (χ1n) is 9.49. The van der Waals surface area contributed by atoms with Gasteiger partial charge in [0.15, 0.2) is 12.1 Å². The van der Waals surface area contributed by atoms with Crippen molar-refractivity contribution in [2.75, 3.05) is 11.4 Å². The number of benzene rings is 2. The molecule has 2 aromatic rings. The molecule has 30 heavy (non-hydrogen) atoms. The van der Waals surface area contributed by atoms with Crippen molar-refractivity contribution in [3.05, 3.63) is 64.2 Å². The van der Waals surface area contributed by atoms with E-state index in [1.165, 1.54) is 5.01 Å². The van der Waals surface area contributed by atoms with Crippen LogP contribution in [0.1, 0.15) is 16.7 Å². The number of anilines is 1. The molecule has 9 heteroatoms. The smallest absolute Gasteiger partial charge is 0.263 e. The van der Waals surface area contributed by atoms with Gasteiger partial charge in [-0.1, -0.05) is 52.7 Å². The van der Waals surface area contributed by atoms with Gasteiger partial charge in [-0.2, -0.15) is 5.11 Å². The molecule has 3 amide bonds. The molecule has 8 nitrogen and oxygen atoms in total. The number of imide groups is 1. The van der Waals surface area contributed by atoms with Gasteiger partial charge in [-0.3, -0.25) is 19.4 Å². The van der Waals surface area contributed by atoms with E-state index in [0.29, 0.717) is 17.3 Å². The van der Waals surface area contributed by atoms with Crippen LogP contribution in [-0.2, 0) is 20.9 Å². The predicted octanol–water partition coefficient (Wildman–Crippen LogP) is 2.57. The van der Waals surface area contributed by atoms with Crippen LogP contribution in [0, 0.1) is 13.8 Å². The van der Waals surface area contributed by atoms with E-state index in [-0.39, 0.29) is 12.5 Å². The van der Waals surface area contributed by atoms with Crippen LogP contribution in [0.25, 0.3) is 0 Å². The number of hydrogen-bond donors (Lipinski definition) is 1. The molecule has 2 aliphatic heterocycles. The lowest BCUT2D eigenvalue weighted by Crippen LogP contribution is -2.44. The maximum Gasteiger partial charge on any atom is 0.263 e. The molecule has 0 bridgehead atoms. The van der Waals surface area contributed by atoms with Crippen LogP contribution in [0.3, 0.4) is 0 Å². The van der Waals surface area contributed by atoms with Crippen LogP contribution in [0.2, 0.25) is 5.02 Å². The standard InChI is InChI=1S/C21H20ClN5O3/c1-12-3-6-14(7-4-12)10-23-17(28)11-26-19-18(24-25-26)20(29)27(21(19)30)15-8-5-13(2)16(22)9-15/h3-9,18-19H,10-11H2,1-2H3,(H,23,28)/t18-,19+/m1/s1. The summed E-state index contributed by atoms with van der Waals surface area (Å²) in [7, 11) is 0. The number of amides is 3. The molecule has 4 rings (SSSR count). The fraction of sp³-hybridized carbons (Fsp3) is 0.286. The van der Waals surface area contributed by atoms with Crippen molar-refractivity contribution in [3.63, 3.8) is 0 Å². The normalized spacial score (nSPS) is 20.1. The van der Waals surface area contributed by atoms with E-state index >= 15 is 0 Å². The van der Waals surface area contributed by atoms with Gasteiger partial charge >= 0.3 is 0 Å². The minimum Gasteiger partial charge on any atom is -0.350 e. The Balaban J connectivity index is 1.43. The van der Waals surface area contributed by atoms with Crippen molar-refractivity contribution in [2.45, 2.75) is 32.5 Å². The van der Waals surface area contributed by atoms with Gasteiger partial charge in [-0.25, -0.2) is 4.90 Å². The summed E-state index contributed by atoms with van der Waals surface area (Å²) >= 11 is 6.15. The van der Waals surface area contributed by atoms with Gasteiger partial charge in [0.25, 0.3) is 11.8 Å². The van der Waals surface area contributed by atoms with Crippen molar-refractivity contribution >= 4 is 35.0 Å². The van der Waals surface area contributed by atoms with Crippen molar-refractivity contribution in [1.82, 2.24) is 10.3 Å². The number of hydrogen-bond acceptors (Lipinski definition) is 6. The van der Waals surface area contributed by atoms with Crippen LogP contribution >= 0.6 is 11.6 Å². The predicted molar refractivity (Wildman–Crippen MR) is 111 cm³/mol. The zero-order valence-corrected chi connectivity index (χ0v) is 17.3. The summed E-state index contributed by atoms with van der Waals surface area (Å²) in [6.45, 7) is 4.02. The van der Waals surface area contributed by atoms with Crippen LogP contribution < -0.4 is 10.2 Å². The third-order valence-corrected chi connectivity index (χ3v) is 5.59. The second-order valence-electron chi connectivity index (χ2n) is 7.40. The number of carbonyl (C=O) groups excluding carboxylic acids is 3. The highest BCUT2D eigenvalue weighted by atomic mass is 35.5. The number of nitrogens with zero attached hydrogens (tertiary/aromatic N) is 4. The molecule has 1 saturated heterocycles. The molecule has 1 N–H and O–H groups in total. The first-order chi connectivity index (χ1) is 14.3. The Morgan fingerprint density at radius 2 is 1.83 bits per heavy atom. The van der Waals surface area contributed by atoms with Crippen molar-refractivity contribution in [1.29, 1.82) is 0 Å². The van der Waals surface area contributed by atoms with Gasteiger partial charge in [0, 0.05) is 11.6 Å². The molecule has 0 unspecified atom stereocenters. The number of halogens is 1. The van der Waals surface area contributed by atoms with E-state index < -0.39 is 23.9 Å². The minimum absolute atomic E-state index is 0.169. The minimum atomic E-state index is -0.956. The monoisotopic (exact) mass is 425 g/mol. The molecule has 0 aliphatic carbocycles. The van der Waals surface area contributed by atoms with Crippen LogP contribution in [0.5, 0.6) is 0 Å². The number of nitrogens with one attached hydrogen (secondary N) is 1. The molecular weight excluding hydrogens is 406 g/mol. The maximum absolute atomic E-state index is 13.0. The summed E-state index contributed by atoms with van der Waals surface area (Å²) in [6.07, 6.45) is 0. The Kier molecular flexibility index (Phi) is 5.26. The van der Waals surface area contributed by atoms with Crippen LogP contribution in [0.4, 0.5) is 5.69 Å². The number of fused-ring (bicyclic) bond motifs is 1. The van der Waals surface area contributed by atoms with Crippen molar-refractivity contribution < 1.29 is 14.4 Å². The summed E-state index contributed by atoms with van der Waals surface area (Å²) in [5.41, 5.74) is 3.32. The summed E-state index contributed by atoms with van der Waals surface area (Å²) in [6, 6.07) is 10.9. The Morgan fingerprint density at radius 3 is 2.53 bits per heavy atom. The number of aryl methyl sites for hydroxylation is 2. The molecule has 1 fully saturated rings. The van der Waals surface area contributed by atoms with E-state index in [9.17, 15) is 14.4 Å². The molecule has 2 heterocycles. The van der Waals surface area contributed by atoms with Gasteiger partial charge in [-0.15, -0.1) is 0 Å². The summed E-state index contributed by atoms with van der Waals surface area (Å²) in [5.74, 6) is -1.26. The SMILES string of the molecule is Cc1ccc(CNC(=O)CN2N=N[C@H]3C(=O)N(c4ccc(C)c(Cl)c4)C(=O)[C@H]32)cc1. The van der Waals surface area contributed by atoms with E-state index in [0.717, 1.165) is 21.6 Å². The molecule has 0 aromatic heterocycles. The molecule has 154 valence electrons. The van der Waals surface area contributed by atoms with Gasteiger partial charge in [0.1, 0.15) is 6.54 Å². The molecule has 2 aromatic carbocycles. The van der Waals surface area contributed by atoms with Gasteiger partial charge in [-0.05, 0) is 37.1 Å². The largest absolute Gasteiger partial charge is 0.350 e. The maximum atomic E-state index is 13.0.